The number of methoxy groups -OCH3 is 1. The maximum Gasteiger partial charge on any atom is 0.230 e. The maximum atomic E-state index is 13.0. The van der Waals surface area contributed by atoms with Crippen LogP contribution in [0.25, 0.3) is 5.69 Å². The van der Waals surface area contributed by atoms with Gasteiger partial charge in [-0.15, -0.1) is 0 Å². The fraction of sp³-hybridized carbons (Fsp3) is 0.364. The van der Waals surface area contributed by atoms with Crippen molar-refractivity contribution in [2.75, 3.05) is 18.6 Å². The number of halogens is 1. The Labute approximate surface area is 170 Å². The number of nitrogens with zero attached hydrogens (tertiary/aromatic N) is 3. The second kappa shape index (κ2) is 7.84. The number of imidazole rings is 1. The Morgan fingerprint density at radius 2 is 2.14 bits per heavy atom. The van der Waals surface area contributed by atoms with E-state index in [1.807, 2.05) is 46.9 Å². The van der Waals surface area contributed by atoms with Gasteiger partial charge in [-0.3, -0.25) is 4.79 Å². The standard InChI is InChI=1S/C22H24ClN3O2/c1-15-13-25(14-24-15)20-8-7-19(12-21(20)28-2)26-10-9-17(22(26)27)11-16-3-5-18(23)6-4-16/h3,5,7-8,12-14,17H,4,6,9-11H2,1-2H3. The van der Waals surface area contributed by atoms with Crippen LogP contribution in [0.4, 0.5) is 5.69 Å². The zero-order valence-electron chi connectivity index (χ0n) is 16.2. The minimum atomic E-state index is 0.0403. The number of carbonyl (C=O) groups is 1. The van der Waals surface area contributed by atoms with Gasteiger partial charge in [0.05, 0.1) is 24.8 Å². The summed E-state index contributed by atoms with van der Waals surface area (Å²) in [6.07, 6.45) is 11.3. The van der Waals surface area contributed by atoms with Gasteiger partial charge in [-0.05, 0) is 50.8 Å². The third-order valence-corrected chi connectivity index (χ3v) is 5.79. The lowest BCUT2D eigenvalue weighted by molar-refractivity contribution is -0.120. The van der Waals surface area contributed by atoms with E-state index in [1.165, 1.54) is 5.57 Å². The Hall–Kier alpha value is -2.53. The second-order valence-electron chi connectivity index (χ2n) is 7.40. The molecule has 2 heterocycles. The SMILES string of the molecule is COc1cc(N2CCC(CC3=CC=C(Cl)CC3)C2=O)ccc1-n1cnc(C)c1. The fourth-order valence-corrected chi connectivity index (χ4v) is 4.08. The molecule has 1 unspecified atom stereocenters. The monoisotopic (exact) mass is 397 g/mol. The van der Waals surface area contributed by atoms with E-state index in [9.17, 15) is 4.79 Å². The summed E-state index contributed by atoms with van der Waals surface area (Å²) in [7, 11) is 1.65. The van der Waals surface area contributed by atoms with E-state index in [1.54, 1.807) is 13.4 Å². The highest BCUT2D eigenvalue weighted by Gasteiger charge is 2.33. The topological polar surface area (TPSA) is 47.4 Å². The van der Waals surface area contributed by atoms with Crippen LogP contribution in [0.2, 0.25) is 0 Å². The number of hydrogen-bond acceptors (Lipinski definition) is 3. The molecule has 0 bridgehead atoms. The van der Waals surface area contributed by atoms with Crippen LogP contribution >= 0.6 is 11.6 Å². The number of aryl methyl sites for hydroxylation is 1. The molecular weight excluding hydrogens is 374 g/mol. The van der Waals surface area contributed by atoms with E-state index >= 15 is 0 Å². The summed E-state index contributed by atoms with van der Waals surface area (Å²) in [5.74, 6) is 0.953. The summed E-state index contributed by atoms with van der Waals surface area (Å²) in [6.45, 7) is 2.69. The van der Waals surface area contributed by atoms with E-state index in [-0.39, 0.29) is 11.8 Å². The molecule has 146 valence electrons. The number of allylic oxidation sites excluding steroid dienone is 4. The molecule has 0 saturated carbocycles. The van der Waals surface area contributed by atoms with Crippen molar-refractivity contribution in [3.8, 4) is 11.4 Å². The molecular formula is C22H24ClN3O2. The minimum Gasteiger partial charge on any atom is -0.494 e. The number of aromatic nitrogens is 2. The van der Waals surface area contributed by atoms with Crippen molar-refractivity contribution in [3.63, 3.8) is 0 Å². The number of amides is 1. The molecule has 1 atom stereocenters. The number of carbonyl (C=O) groups excluding carboxylic acids is 1. The van der Waals surface area contributed by atoms with Crippen molar-refractivity contribution in [2.24, 2.45) is 5.92 Å². The first-order valence-electron chi connectivity index (χ1n) is 9.59. The van der Waals surface area contributed by atoms with Crippen LogP contribution in [0.15, 0.2) is 53.5 Å². The van der Waals surface area contributed by atoms with E-state index in [2.05, 4.69) is 11.1 Å². The van der Waals surface area contributed by atoms with Gasteiger partial charge in [0.15, 0.2) is 0 Å². The number of anilines is 1. The molecule has 0 spiro atoms. The smallest absolute Gasteiger partial charge is 0.230 e. The highest BCUT2D eigenvalue weighted by atomic mass is 35.5. The number of rotatable bonds is 5. The summed E-state index contributed by atoms with van der Waals surface area (Å²) in [4.78, 5) is 19.2. The van der Waals surface area contributed by atoms with Crippen molar-refractivity contribution >= 4 is 23.2 Å². The van der Waals surface area contributed by atoms with Crippen molar-refractivity contribution in [3.05, 3.63) is 59.2 Å². The van der Waals surface area contributed by atoms with E-state index < -0.39 is 0 Å². The van der Waals surface area contributed by atoms with Crippen LogP contribution in [0, 0.1) is 12.8 Å². The first kappa shape index (κ1) is 18.8. The molecule has 5 nitrogen and oxygen atoms in total. The Morgan fingerprint density at radius 3 is 2.82 bits per heavy atom. The fourth-order valence-electron chi connectivity index (χ4n) is 3.93. The Morgan fingerprint density at radius 1 is 1.29 bits per heavy atom. The molecule has 0 N–H and O–H groups in total. The van der Waals surface area contributed by atoms with Gasteiger partial charge in [0, 0.05) is 35.4 Å². The molecule has 28 heavy (non-hydrogen) atoms. The quantitative estimate of drug-likeness (QED) is 0.729. The molecule has 2 aliphatic rings. The summed E-state index contributed by atoms with van der Waals surface area (Å²) in [6, 6.07) is 5.90. The van der Waals surface area contributed by atoms with Gasteiger partial charge in [0.25, 0.3) is 0 Å². The van der Waals surface area contributed by atoms with Gasteiger partial charge in [0.2, 0.25) is 5.91 Å². The van der Waals surface area contributed by atoms with Gasteiger partial charge in [0.1, 0.15) is 5.75 Å². The van der Waals surface area contributed by atoms with Crippen LogP contribution in [0.1, 0.15) is 31.4 Å². The molecule has 6 heteroatoms. The van der Waals surface area contributed by atoms with Crippen LogP contribution in [-0.4, -0.2) is 29.1 Å². The van der Waals surface area contributed by atoms with E-state index in [4.69, 9.17) is 16.3 Å². The molecule has 0 radical (unpaired) electrons. The van der Waals surface area contributed by atoms with Crippen LogP contribution < -0.4 is 9.64 Å². The average Bonchev–Trinajstić information content (AvgIpc) is 3.29. The largest absolute Gasteiger partial charge is 0.494 e. The van der Waals surface area contributed by atoms with Crippen LogP contribution in [0.5, 0.6) is 5.75 Å². The highest BCUT2D eigenvalue weighted by Crippen LogP contribution is 2.35. The van der Waals surface area contributed by atoms with Gasteiger partial charge in [-0.2, -0.15) is 0 Å². The van der Waals surface area contributed by atoms with Crippen molar-refractivity contribution in [1.82, 2.24) is 9.55 Å². The Balaban J connectivity index is 1.52. The number of benzene rings is 1. The predicted molar refractivity (Wildman–Crippen MR) is 111 cm³/mol. The van der Waals surface area contributed by atoms with Crippen LogP contribution in [-0.2, 0) is 4.79 Å². The molecule has 1 aliphatic heterocycles. The number of ether oxygens (including phenoxy) is 1. The third kappa shape index (κ3) is 3.72. The molecule has 1 aliphatic carbocycles. The zero-order valence-corrected chi connectivity index (χ0v) is 16.9. The molecule has 1 fully saturated rings. The summed E-state index contributed by atoms with van der Waals surface area (Å²) < 4.78 is 7.52. The average molecular weight is 398 g/mol. The summed E-state index contributed by atoms with van der Waals surface area (Å²) in [5, 5.41) is 0.892. The minimum absolute atomic E-state index is 0.0403. The second-order valence-corrected chi connectivity index (χ2v) is 7.88. The Bertz CT molecular complexity index is 960. The van der Waals surface area contributed by atoms with E-state index in [0.29, 0.717) is 0 Å². The van der Waals surface area contributed by atoms with E-state index in [0.717, 1.165) is 60.1 Å². The Kier molecular flexibility index (Phi) is 5.27. The third-order valence-electron chi connectivity index (χ3n) is 5.47. The van der Waals surface area contributed by atoms with Crippen molar-refractivity contribution in [1.29, 1.82) is 0 Å². The zero-order chi connectivity index (χ0) is 19.7. The molecule has 1 aromatic carbocycles. The predicted octanol–water partition coefficient (Wildman–Crippen LogP) is 4.78. The molecule has 1 aromatic heterocycles. The van der Waals surface area contributed by atoms with Gasteiger partial charge in [-0.1, -0.05) is 23.3 Å². The lowest BCUT2D eigenvalue weighted by Crippen LogP contribution is -2.27. The van der Waals surface area contributed by atoms with Crippen molar-refractivity contribution in [2.45, 2.75) is 32.6 Å². The molecule has 1 saturated heterocycles. The highest BCUT2D eigenvalue weighted by molar-refractivity contribution is 6.29. The molecule has 4 rings (SSSR count). The first-order chi connectivity index (χ1) is 13.5. The maximum absolute atomic E-state index is 13.0. The molecule has 1 amide bonds. The first-order valence-corrected chi connectivity index (χ1v) is 9.97. The van der Waals surface area contributed by atoms with Gasteiger partial charge >= 0.3 is 0 Å². The van der Waals surface area contributed by atoms with Crippen molar-refractivity contribution < 1.29 is 9.53 Å². The summed E-state index contributed by atoms with van der Waals surface area (Å²) in [5.41, 5.74) is 4.04. The van der Waals surface area contributed by atoms with Crippen LogP contribution in [0.3, 0.4) is 0 Å². The lowest BCUT2D eigenvalue weighted by atomic mass is 9.93. The molecule has 2 aromatic rings. The van der Waals surface area contributed by atoms with Gasteiger partial charge < -0.3 is 14.2 Å². The summed E-state index contributed by atoms with van der Waals surface area (Å²) >= 11 is 6.04. The lowest BCUT2D eigenvalue weighted by Gasteiger charge is -2.20. The van der Waals surface area contributed by atoms with Gasteiger partial charge in [-0.25, -0.2) is 4.98 Å². The number of hydrogen-bond donors (Lipinski definition) is 0. The normalized spacial score (nSPS) is 19.6.